The minimum atomic E-state index is 0.209. The van der Waals surface area contributed by atoms with Crippen LogP contribution < -0.4 is 14.8 Å². The summed E-state index contributed by atoms with van der Waals surface area (Å²) in [6.45, 7) is 6.40. The maximum absolute atomic E-state index is 5.30. The van der Waals surface area contributed by atoms with Gasteiger partial charge in [0.25, 0.3) is 0 Å². The van der Waals surface area contributed by atoms with E-state index in [-0.39, 0.29) is 6.04 Å². The number of rotatable bonds is 5. The van der Waals surface area contributed by atoms with Crippen molar-refractivity contribution < 1.29 is 9.47 Å². The SMILES string of the molecule is COc1cc(NC(C)c2cc(C)cc(C)c2)cc(OC)c1. The predicted molar refractivity (Wildman–Crippen MR) is 87.5 cm³/mol. The number of methoxy groups -OCH3 is 2. The third-order valence-corrected chi connectivity index (χ3v) is 3.48. The quantitative estimate of drug-likeness (QED) is 0.877. The Bertz CT molecular complexity index is 580. The molecule has 3 nitrogen and oxygen atoms in total. The minimum absolute atomic E-state index is 0.209. The van der Waals surface area contributed by atoms with Gasteiger partial charge in [-0.25, -0.2) is 0 Å². The Labute approximate surface area is 126 Å². The first-order valence-corrected chi connectivity index (χ1v) is 7.09. The van der Waals surface area contributed by atoms with Gasteiger partial charge < -0.3 is 14.8 Å². The van der Waals surface area contributed by atoms with Crippen molar-refractivity contribution in [3.8, 4) is 11.5 Å². The fourth-order valence-corrected chi connectivity index (χ4v) is 2.48. The van der Waals surface area contributed by atoms with E-state index < -0.39 is 0 Å². The van der Waals surface area contributed by atoms with E-state index in [9.17, 15) is 0 Å². The fraction of sp³-hybridized carbons (Fsp3) is 0.333. The van der Waals surface area contributed by atoms with Crippen molar-refractivity contribution in [2.24, 2.45) is 0 Å². The highest BCUT2D eigenvalue weighted by molar-refractivity contribution is 5.55. The molecule has 2 aromatic rings. The molecular formula is C18H23NO2. The first-order chi connectivity index (χ1) is 10.0. The molecule has 0 aliphatic rings. The van der Waals surface area contributed by atoms with Gasteiger partial charge in [-0.2, -0.15) is 0 Å². The van der Waals surface area contributed by atoms with E-state index in [0.717, 1.165) is 17.2 Å². The second-order valence-electron chi connectivity index (χ2n) is 5.39. The van der Waals surface area contributed by atoms with Crippen LogP contribution in [-0.2, 0) is 0 Å². The Morgan fingerprint density at radius 2 is 1.33 bits per heavy atom. The van der Waals surface area contributed by atoms with Crippen LogP contribution in [0.4, 0.5) is 5.69 Å². The van der Waals surface area contributed by atoms with E-state index in [1.807, 2.05) is 18.2 Å². The molecule has 2 rings (SSSR count). The van der Waals surface area contributed by atoms with Crippen molar-refractivity contribution in [2.45, 2.75) is 26.8 Å². The maximum Gasteiger partial charge on any atom is 0.124 e. The summed E-state index contributed by atoms with van der Waals surface area (Å²) in [5, 5.41) is 3.50. The van der Waals surface area contributed by atoms with Crippen molar-refractivity contribution in [3.63, 3.8) is 0 Å². The third kappa shape index (κ3) is 3.91. The molecule has 1 N–H and O–H groups in total. The smallest absolute Gasteiger partial charge is 0.124 e. The average molecular weight is 285 g/mol. The lowest BCUT2D eigenvalue weighted by molar-refractivity contribution is 0.394. The minimum Gasteiger partial charge on any atom is -0.497 e. The summed E-state index contributed by atoms with van der Waals surface area (Å²) in [5.41, 5.74) is 4.82. The van der Waals surface area contributed by atoms with Crippen LogP contribution in [0.15, 0.2) is 36.4 Å². The summed E-state index contributed by atoms with van der Waals surface area (Å²) in [6.07, 6.45) is 0. The van der Waals surface area contributed by atoms with E-state index in [1.165, 1.54) is 16.7 Å². The van der Waals surface area contributed by atoms with Crippen molar-refractivity contribution >= 4 is 5.69 Å². The highest BCUT2D eigenvalue weighted by Gasteiger charge is 2.08. The number of ether oxygens (including phenoxy) is 2. The molecule has 0 heterocycles. The zero-order valence-electron chi connectivity index (χ0n) is 13.4. The summed E-state index contributed by atoms with van der Waals surface area (Å²) in [4.78, 5) is 0. The van der Waals surface area contributed by atoms with Gasteiger partial charge in [0.05, 0.1) is 14.2 Å². The van der Waals surface area contributed by atoms with Crippen molar-refractivity contribution in [1.82, 2.24) is 0 Å². The molecule has 0 saturated carbocycles. The van der Waals surface area contributed by atoms with Gasteiger partial charge in [0.15, 0.2) is 0 Å². The molecule has 0 spiro atoms. The lowest BCUT2D eigenvalue weighted by Gasteiger charge is -2.18. The molecule has 0 saturated heterocycles. The lowest BCUT2D eigenvalue weighted by atomic mass is 10.0. The maximum atomic E-state index is 5.30. The molecule has 1 atom stereocenters. The molecule has 21 heavy (non-hydrogen) atoms. The number of hydrogen-bond acceptors (Lipinski definition) is 3. The Morgan fingerprint density at radius 1 is 0.810 bits per heavy atom. The second kappa shape index (κ2) is 6.53. The summed E-state index contributed by atoms with van der Waals surface area (Å²) >= 11 is 0. The molecule has 112 valence electrons. The van der Waals surface area contributed by atoms with E-state index in [2.05, 4.69) is 44.3 Å². The van der Waals surface area contributed by atoms with Gasteiger partial charge in [-0.15, -0.1) is 0 Å². The van der Waals surface area contributed by atoms with Crippen LogP contribution in [0.3, 0.4) is 0 Å². The van der Waals surface area contributed by atoms with Crippen LogP contribution in [0.1, 0.15) is 29.7 Å². The van der Waals surface area contributed by atoms with Gasteiger partial charge in [-0.1, -0.05) is 29.3 Å². The van der Waals surface area contributed by atoms with Crippen LogP contribution in [0.25, 0.3) is 0 Å². The Balaban J connectivity index is 2.24. The van der Waals surface area contributed by atoms with Crippen molar-refractivity contribution in [2.75, 3.05) is 19.5 Å². The largest absolute Gasteiger partial charge is 0.497 e. The Morgan fingerprint density at radius 3 is 1.81 bits per heavy atom. The van der Waals surface area contributed by atoms with Gasteiger partial charge in [-0.05, 0) is 26.3 Å². The summed E-state index contributed by atoms with van der Waals surface area (Å²) in [6, 6.07) is 12.6. The third-order valence-electron chi connectivity index (χ3n) is 3.48. The molecule has 3 heteroatoms. The summed E-state index contributed by atoms with van der Waals surface area (Å²) < 4.78 is 10.6. The normalized spacial score (nSPS) is 11.9. The molecular weight excluding hydrogens is 262 g/mol. The monoisotopic (exact) mass is 285 g/mol. The topological polar surface area (TPSA) is 30.5 Å². The van der Waals surface area contributed by atoms with E-state index in [4.69, 9.17) is 9.47 Å². The molecule has 2 aromatic carbocycles. The number of anilines is 1. The second-order valence-corrected chi connectivity index (χ2v) is 5.39. The number of aryl methyl sites for hydroxylation is 2. The van der Waals surface area contributed by atoms with Crippen molar-refractivity contribution in [1.29, 1.82) is 0 Å². The van der Waals surface area contributed by atoms with Crippen molar-refractivity contribution in [3.05, 3.63) is 53.1 Å². The van der Waals surface area contributed by atoms with Gasteiger partial charge in [0.2, 0.25) is 0 Å². The molecule has 0 bridgehead atoms. The molecule has 0 radical (unpaired) electrons. The van der Waals surface area contributed by atoms with Gasteiger partial charge >= 0.3 is 0 Å². The highest BCUT2D eigenvalue weighted by Crippen LogP contribution is 2.29. The van der Waals surface area contributed by atoms with Gasteiger partial charge in [0, 0.05) is 29.9 Å². The van der Waals surface area contributed by atoms with E-state index in [1.54, 1.807) is 14.2 Å². The first-order valence-electron chi connectivity index (χ1n) is 7.09. The predicted octanol–water partition coefficient (Wildman–Crippen LogP) is 4.49. The number of benzene rings is 2. The van der Waals surface area contributed by atoms with Gasteiger partial charge in [-0.3, -0.25) is 0 Å². The van der Waals surface area contributed by atoms with Crippen LogP contribution in [0, 0.1) is 13.8 Å². The standard InChI is InChI=1S/C18H23NO2/c1-12-6-13(2)8-15(7-12)14(3)19-16-9-17(20-4)11-18(10-16)21-5/h6-11,14,19H,1-5H3. The molecule has 0 aromatic heterocycles. The first kappa shape index (κ1) is 15.2. The molecule has 0 fully saturated rings. The van der Waals surface area contributed by atoms with Crippen LogP contribution in [0.2, 0.25) is 0 Å². The summed E-state index contributed by atoms with van der Waals surface area (Å²) in [7, 11) is 3.32. The van der Waals surface area contributed by atoms with Gasteiger partial charge in [0.1, 0.15) is 11.5 Å². The molecule has 0 aliphatic carbocycles. The zero-order valence-corrected chi connectivity index (χ0v) is 13.4. The van der Waals surface area contributed by atoms with Crippen LogP contribution >= 0.6 is 0 Å². The van der Waals surface area contributed by atoms with Crippen LogP contribution in [-0.4, -0.2) is 14.2 Å². The summed E-state index contributed by atoms with van der Waals surface area (Å²) in [5.74, 6) is 1.56. The molecule has 1 unspecified atom stereocenters. The van der Waals surface area contributed by atoms with E-state index >= 15 is 0 Å². The van der Waals surface area contributed by atoms with Crippen LogP contribution in [0.5, 0.6) is 11.5 Å². The highest BCUT2D eigenvalue weighted by atomic mass is 16.5. The zero-order chi connectivity index (χ0) is 15.4. The Hall–Kier alpha value is -2.16. The fourth-order valence-electron chi connectivity index (χ4n) is 2.48. The molecule has 0 amide bonds. The number of nitrogens with one attached hydrogen (secondary N) is 1. The average Bonchev–Trinajstić information content (AvgIpc) is 2.45. The lowest BCUT2D eigenvalue weighted by Crippen LogP contribution is -2.07. The van der Waals surface area contributed by atoms with E-state index in [0.29, 0.717) is 0 Å². The Kier molecular flexibility index (Phi) is 4.73. The number of hydrogen-bond donors (Lipinski definition) is 1. The molecule has 0 aliphatic heterocycles.